The van der Waals surface area contributed by atoms with E-state index in [9.17, 15) is 8.78 Å². The monoisotopic (exact) mass is 197 g/mol. The van der Waals surface area contributed by atoms with Gasteiger partial charge in [0.05, 0.1) is 0 Å². The van der Waals surface area contributed by atoms with Gasteiger partial charge in [0.15, 0.2) is 0 Å². The van der Waals surface area contributed by atoms with Crippen LogP contribution in [0.1, 0.15) is 30.0 Å². The van der Waals surface area contributed by atoms with E-state index in [1.807, 2.05) is 0 Å². The maximum atomic E-state index is 13.2. The van der Waals surface area contributed by atoms with Crippen molar-refractivity contribution in [1.82, 2.24) is 0 Å². The van der Waals surface area contributed by atoms with Crippen molar-refractivity contribution in [1.29, 1.82) is 0 Å². The van der Waals surface area contributed by atoms with E-state index in [0.717, 1.165) is 18.9 Å². The highest BCUT2D eigenvalue weighted by Crippen LogP contribution is 2.40. The lowest BCUT2D eigenvalue weighted by Crippen LogP contribution is -2.14. The van der Waals surface area contributed by atoms with Gasteiger partial charge < -0.3 is 5.73 Å². The van der Waals surface area contributed by atoms with Crippen molar-refractivity contribution >= 4 is 0 Å². The van der Waals surface area contributed by atoms with E-state index in [0.29, 0.717) is 17.0 Å². The molecule has 1 aromatic rings. The third-order valence-electron chi connectivity index (χ3n) is 2.84. The summed E-state index contributed by atoms with van der Waals surface area (Å²) in [5.41, 5.74) is 7.00. The van der Waals surface area contributed by atoms with Crippen LogP contribution in [0.4, 0.5) is 8.78 Å². The molecule has 0 saturated heterocycles. The van der Waals surface area contributed by atoms with E-state index in [2.05, 4.69) is 0 Å². The molecule has 1 saturated carbocycles. The van der Waals surface area contributed by atoms with Gasteiger partial charge in [0.2, 0.25) is 0 Å². The lowest BCUT2D eigenvalue weighted by molar-refractivity contribution is 0.555. The standard InChI is InChI=1S/C11H13F2N/c1-6-9(11(14)7-2-3-7)4-8(12)5-10(6)13/h4-5,7,11H,2-3,14H2,1H3/t11-/m1/s1. The molecule has 2 N–H and O–H groups in total. The molecule has 3 heteroatoms. The Morgan fingerprint density at radius 2 is 2.00 bits per heavy atom. The molecule has 1 fully saturated rings. The molecule has 0 bridgehead atoms. The summed E-state index contributed by atoms with van der Waals surface area (Å²) in [6.07, 6.45) is 2.14. The summed E-state index contributed by atoms with van der Waals surface area (Å²) in [4.78, 5) is 0. The average Bonchev–Trinajstić information content (AvgIpc) is 2.93. The topological polar surface area (TPSA) is 26.0 Å². The van der Waals surface area contributed by atoms with Gasteiger partial charge in [-0.1, -0.05) is 0 Å². The van der Waals surface area contributed by atoms with Gasteiger partial charge in [-0.2, -0.15) is 0 Å². The molecule has 0 heterocycles. The maximum absolute atomic E-state index is 13.2. The number of hydrogen-bond donors (Lipinski definition) is 1. The molecule has 0 aromatic heterocycles. The first-order valence-electron chi connectivity index (χ1n) is 4.80. The van der Waals surface area contributed by atoms with Crippen LogP contribution in [0.25, 0.3) is 0 Å². The number of rotatable bonds is 2. The molecular formula is C11H13F2N. The van der Waals surface area contributed by atoms with E-state index in [4.69, 9.17) is 5.73 Å². The molecule has 0 amide bonds. The van der Waals surface area contributed by atoms with Gasteiger partial charge in [-0.05, 0) is 42.9 Å². The predicted molar refractivity (Wildman–Crippen MR) is 50.7 cm³/mol. The molecule has 1 aromatic carbocycles. The van der Waals surface area contributed by atoms with Crippen molar-refractivity contribution in [2.24, 2.45) is 11.7 Å². The minimum atomic E-state index is -0.542. The second-order valence-corrected chi connectivity index (χ2v) is 3.97. The Kier molecular flexibility index (Phi) is 2.27. The molecule has 76 valence electrons. The van der Waals surface area contributed by atoms with Crippen molar-refractivity contribution in [2.75, 3.05) is 0 Å². The second kappa shape index (κ2) is 3.31. The van der Waals surface area contributed by atoms with Crippen molar-refractivity contribution in [3.8, 4) is 0 Å². The van der Waals surface area contributed by atoms with Gasteiger partial charge in [-0.3, -0.25) is 0 Å². The second-order valence-electron chi connectivity index (χ2n) is 3.97. The van der Waals surface area contributed by atoms with Crippen LogP contribution < -0.4 is 5.73 Å². The molecule has 14 heavy (non-hydrogen) atoms. The van der Waals surface area contributed by atoms with E-state index >= 15 is 0 Å². The SMILES string of the molecule is Cc1c(F)cc(F)cc1[C@H](N)C1CC1. The molecular weight excluding hydrogens is 184 g/mol. The average molecular weight is 197 g/mol. The third-order valence-corrected chi connectivity index (χ3v) is 2.84. The zero-order valence-corrected chi connectivity index (χ0v) is 8.06. The predicted octanol–water partition coefficient (Wildman–Crippen LogP) is 2.68. The van der Waals surface area contributed by atoms with Crippen LogP contribution in [0.2, 0.25) is 0 Å². The summed E-state index contributed by atoms with van der Waals surface area (Å²) in [7, 11) is 0. The summed E-state index contributed by atoms with van der Waals surface area (Å²) in [6, 6.07) is 2.04. The number of nitrogens with two attached hydrogens (primary N) is 1. The van der Waals surface area contributed by atoms with Crippen LogP contribution in [0.15, 0.2) is 12.1 Å². The molecule has 0 spiro atoms. The Morgan fingerprint density at radius 3 is 2.57 bits per heavy atom. The minimum Gasteiger partial charge on any atom is -0.324 e. The third kappa shape index (κ3) is 1.64. The molecule has 1 atom stereocenters. The van der Waals surface area contributed by atoms with Gasteiger partial charge in [0.25, 0.3) is 0 Å². The number of benzene rings is 1. The van der Waals surface area contributed by atoms with Gasteiger partial charge >= 0.3 is 0 Å². The highest BCUT2D eigenvalue weighted by Gasteiger charge is 2.31. The van der Waals surface area contributed by atoms with Crippen molar-refractivity contribution in [3.63, 3.8) is 0 Å². The quantitative estimate of drug-likeness (QED) is 0.775. The van der Waals surface area contributed by atoms with Gasteiger partial charge in [-0.15, -0.1) is 0 Å². The minimum absolute atomic E-state index is 0.208. The number of hydrogen-bond acceptors (Lipinski definition) is 1. The number of halogens is 2. The fraction of sp³-hybridized carbons (Fsp3) is 0.455. The van der Waals surface area contributed by atoms with Crippen LogP contribution in [0, 0.1) is 24.5 Å². The summed E-state index contributed by atoms with van der Waals surface area (Å²) >= 11 is 0. The lowest BCUT2D eigenvalue weighted by Gasteiger charge is -2.14. The van der Waals surface area contributed by atoms with E-state index in [-0.39, 0.29) is 6.04 Å². The Balaban J connectivity index is 2.39. The largest absolute Gasteiger partial charge is 0.324 e. The van der Waals surface area contributed by atoms with Crippen molar-refractivity contribution in [3.05, 3.63) is 34.9 Å². The van der Waals surface area contributed by atoms with E-state index < -0.39 is 11.6 Å². The van der Waals surface area contributed by atoms with Gasteiger partial charge in [0.1, 0.15) is 11.6 Å². The molecule has 0 aliphatic heterocycles. The summed E-state index contributed by atoms with van der Waals surface area (Å²) in [6.45, 7) is 1.65. The highest BCUT2D eigenvalue weighted by molar-refractivity contribution is 5.31. The molecule has 1 nitrogen and oxygen atoms in total. The van der Waals surface area contributed by atoms with Crippen LogP contribution in [0.5, 0.6) is 0 Å². The molecule has 0 unspecified atom stereocenters. The van der Waals surface area contributed by atoms with Crippen LogP contribution in [0.3, 0.4) is 0 Å². The van der Waals surface area contributed by atoms with Crippen molar-refractivity contribution < 1.29 is 8.78 Å². The Morgan fingerprint density at radius 1 is 1.36 bits per heavy atom. The molecule has 1 aliphatic carbocycles. The Bertz CT molecular complexity index is 359. The van der Waals surface area contributed by atoms with Gasteiger partial charge in [-0.25, -0.2) is 8.78 Å². The van der Waals surface area contributed by atoms with Crippen LogP contribution in [-0.2, 0) is 0 Å². The first-order valence-corrected chi connectivity index (χ1v) is 4.80. The normalized spacial score (nSPS) is 18.3. The fourth-order valence-corrected chi connectivity index (χ4v) is 1.72. The van der Waals surface area contributed by atoms with E-state index in [1.54, 1.807) is 6.92 Å². The first-order chi connectivity index (χ1) is 6.59. The molecule has 2 rings (SSSR count). The Hall–Kier alpha value is -0.960. The Labute approximate surface area is 81.9 Å². The summed E-state index contributed by atoms with van der Waals surface area (Å²) < 4.78 is 26.1. The smallest absolute Gasteiger partial charge is 0.129 e. The zero-order chi connectivity index (χ0) is 10.3. The van der Waals surface area contributed by atoms with E-state index in [1.165, 1.54) is 6.07 Å². The lowest BCUT2D eigenvalue weighted by atomic mass is 9.98. The zero-order valence-electron chi connectivity index (χ0n) is 8.06. The van der Waals surface area contributed by atoms with Crippen molar-refractivity contribution in [2.45, 2.75) is 25.8 Å². The van der Waals surface area contributed by atoms with Crippen LogP contribution in [-0.4, -0.2) is 0 Å². The summed E-state index contributed by atoms with van der Waals surface area (Å²) in [5.74, 6) is -0.634. The molecule has 0 radical (unpaired) electrons. The maximum Gasteiger partial charge on any atom is 0.129 e. The molecule has 1 aliphatic rings. The highest BCUT2D eigenvalue weighted by atomic mass is 19.1. The fourth-order valence-electron chi connectivity index (χ4n) is 1.72. The summed E-state index contributed by atoms with van der Waals surface area (Å²) in [5, 5.41) is 0. The van der Waals surface area contributed by atoms with Crippen LogP contribution >= 0.6 is 0 Å². The first kappa shape index (κ1) is 9.59. The van der Waals surface area contributed by atoms with Gasteiger partial charge in [0, 0.05) is 12.1 Å².